The van der Waals surface area contributed by atoms with Gasteiger partial charge in [-0.15, -0.1) is 0 Å². The first kappa shape index (κ1) is 11.5. The van der Waals surface area contributed by atoms with Crippen molar-refractivity contribution in [2.24, 2.45) is 0 Å². The zero-order chi connectivity index (χ0) is 12.8. The molecule has 1 heterocycles. The van der Waals surface area contributed by atoms with Crippen LogP contribution in [-0.4, -0.2) is 18.7 Å². The van der Waals surface area contributed by atoms with Gasteiger partial charge in [-0.1, -0.05) is 12.8 Å². The van der Waals surface area contributed by atoms with E-state index in [4.69, 9.17) is 10.2 Å². The molecule has 18 heavy (non-hydrogen) atoms. The first-order valence-electron chi connectivity index (χ1n) is 5.97. The van der Waals surface area contributed by atoms with Crippen LogP contribution in [0, 0.1) is 0 Å². The molecule has 1 aromatic carbocycles. The minimum absolute atomic E-state index is 0.171. The topological polar surface area (TPSA) is 86.2 Å². The maximum absolute atomic E-state index is 12.3. The van der Waals surface area contributed by atoms with E-state index in [0.29, 0.717) is 29.6 Å². The summed E-state index contributed by atoms with van der Waals surface area (Å²) in [6.45, 7) is 0. The van der Waals surface area contributed by atoms with Gasteiger partial charge in [-0.05, 0) is 31.0 Å². The number of rotatable bonds is 2. The Morgan fingerprint density at radius 1 is 1.28 bits per heavy atom. The van der Waals surface area contributed by atoms with Gasteiger partial charge in [-0.3, -0.25) is 0 Å². The van der Waals surface area contributed by atoms with Gasteiger partial charge in [0.1, 0.15) is 5.52 Å². The summed E-state index contributed by atoms with van der Waals surface area (Å²) in [6.07, 6.45) is 3.31. The third-order valence-corrected chi connectivity index (χ3v) is 5.39. The molecule has 0 radical (unpaired) electrons. The Kier molecular flexibility index (Phi) is 2.55. The molecule has 0 aliphatic heterocycles. The van der Waals surface area contributed by atoms with E-state index in [-0.39, 0.29) is 10.5 Å². The number of hydrogen-bond donors (Lipinski definition) is 1. The van der Waals surface area contributed by atoms with Crippen molar-refractivity contribution < 1.29 is 12.8 Å². The summed E-state index contributed by atoms with van der Waals surface area (Å²) >= 11 is 0. The Morgan fingerprint density at radius 2 is 2.00 bits per heavy atom. The number of sulfone groups is 1. The Hall–Kier alpha value is -1.56. The fraction of sp³-hybridized carbons (Fsp3) is 0.417. The number of anilines is 1. The Morgan fingerprint density at radius 3 is 2.72 bits per heavy atom. The van der Waals surface area contributed by atoms with Crippen molar-refractivity contribution >= 4 is 26.6 Å². The van der Waals surface area contributed by atoms with Gasteiger partial charge in [0.05, 0.1) is 5.25 Å². The fourth-order valence-electron chi connectivity index (χ4n) is 2.39. The predicted octanol–water partition coefficient (Wildman–Crippen LogP) is 2.13. The van der Waals surface area contributed by atoms with Crippen LogP contribution in [0.5, 0.6) is 0 Å². The molecule has 0 amide bonds. The SMILES string of the molecule is Nc1ccc2oc(S(=O)(=O)C3CCCC3)nc2c1. The van der Waals surface area contributed by atoms with Crippen LogP contribution in [0.25, 0.3) is 11.1 Å². The highest BCUT2D eigenvalue weighted by atomic mass is 32.2. The zero-order valence-electron chi connectivity index (χ0n) is 9.80. The molecule has 2 aromatic rings. The molecule has 0 unspecified atom stereocenters. The molecule has 5 nitrogen and oxygen atoms in total. The van der Waals surface area contributed by atoms with Crippen LogP contribution in [-0.2, 0) is 9.84 Å². The summed E-state index contributed by atoms with van der Waals surface area (Å²) in [7, 11) is -3.43. The maximum Gasteiger partial charge on any atom is 0.316 e. The monoisotopic (exact) mass is 266 g/mol. The predicted molar refractivity (Wildman–Crippen MR) is 67.9 cm³/mol. The van der Waals surface area contributed by atoms with E-state index in [0.717, 1.165) is 12.8 Å². The Balaban J connectivity index is 2.08. The highest BCUT2D eigenvalue weighted by Gasteiger charge is 2.34. The molecule has 0 bridgehead atoms. The normalized spacial score (nSPS) is 17.6. The molecule has 1 fully saturated rings. The quantitative estimate of drug-likeness (QED) is 0.841. The van der Waals surface area contributed by atoms with E-state index in [1.807, 2.05) is 0 Å². The number of nitrogen functional groups attached to an aromatic ring is 1. The molecule has 0 saturated heterocycles. The third-order valence-electron chi connectivity index (χ3n) is 3.38. The lowest BCUT2D eigenvalue weighted by Crippen LogP contribution is -2.17. The molecule has 96 valence electrons. The fourth-order valence-corrected chi connectivity index (χ4v) is 4.06. The molecule has 1 saturated carbocycles. The van der Waals surface area contributed by atoms with Crippen LogP contribution in [0.1, 0.15) is 25.7 Å². The molecular weight excluding hydrogens is 252 g/mol. The van der Waals surface area contributed by atoms with Crippen molar-refractivity contribution in [1.29, 1.82) is 0 Å². The molecule has 0 spiro atoms. The Bertz CT molecular complexity index is 684. The first-order valence-corrected chi connectivity index (χ1v) is 7.52. The van der Waals surface area contributed by atoms with Crippen molar-refractivity contribution in [1.82, 2.24) is 4.98 Å². The van der Waals surface area contributed by atoms with Crippen molar-refractivity contribution in [3.8, 4) is 0 Å². The van der Waals surface area contributed by atoms with Crippen molar-refractivity contribution in [3.05, 3.63) is 18.2 Å². The van der Waals surface area contributed by atoms with Gasteiger partial charge < -0.3 is 10.2 Å². The van der Waals surface area contributed by atoms with E-state index in [9.17, 15) is 8.42 Å². The summed E-state index contributed by atoms with van der Waals surface area (Å²) in [6, 6.07) is 4.93. The molecular formula is C12H14N2O3S. The van der Waals surface area contributed by atoms with Gasteiger partial charge in [-0.2, -0.15) is 4.98 Å². The number of nitrogens with zero attached hydrogens (tertiary/aromatic N) is 1. The minimum atomic E-state index is -3.43. The van der Waals surface area contributed by atoms with Crippen LogP contribution < -0.4 is 5.73 Å². The van der Waals surface area contributed by atoms with E-state index in [2.05, 4.69) is 4.98 Å². The number of benzene rings is 1. The Labute approximate surface area is 105 Å². The smallest absolute Gasteiger partial charge is 0.316 e. The number of oxazole rings is 1. The number of aromatic nitrogens is 1. The molecule has 3 rings (SSSR count). The van der Waals surface area contributed by atoms with Crippen molar-refractivity contribution in [3.63, 3.8) is 0 Å². The lowest BCUT2D eigenvalue weighted by Gasteiger charge is -2.05. The van der Waals surface area contributed by atoms with Crippen LogP contribution in [0.4, 0.5) is 5.69 Å². The molecule has 6 heteroatoms. The van der Waals surface area contributed by atoms with E-state index in [1.54, 1.807) is 18.2 Å². The van der Waals surface area contributed by atoms with Crippen LogP contribution in [0.3, 0.4) is 0 Å². The van der Waals surface area contributed by atoms with Crippen LogP contribution in [0.15, 0.2) is 27.8 Å². The minimum Gasteiger partial charge on any atom is -0.428 e. The summed E-state index contributed by atoms with van der Waals surface area (Å²) in [4.78, 5) is 4.06. The van der Waals surface area contributed by atoms with E-state index >= 15 is 0 Å². The number of nitrogens with two attached hydrogens (primary N) is 1. The van der Waals surface area contributed by atoms with Crippen molar-refractivity contribution in [2.75, 3.05) is 5.73 Å². The molecule has 2 N–H and O–H groups in total. The van der Waals surface area contributed by atoms with E-state index < -0.39 is 9.84 Å². The largest absolute Gasteiger partial charge is 0.428 e. The maximum atomic E-state index is 12.3. The molecule has 1 aliphatic carbocycles. The van der Waals surface area contributed by atoms with Gasteiger partial charge in [0.25, 0.3) is 0 Å². The molecule has 1 aromatic heterocycles. The van der Waals surface area contributed by atoms with Gasteiger partial charge in [0.15, 0.2) is 5.58 Å². The highest BCUT2D eigenvalue weighted by molar-refractivity contribution is 7.91. The second-order valence-corrected chi connectivity index (χ2v) is 6.76. The lowest BCUT2D eigenvalue weighted by atomic mass is 10.3. The summed E-state index contributed by atoms with van der Waals surface area (Å²) < 4.78 is 29.9. The highest BCUT2D eigenvalue weighted by Crippen LogP contribution is 2.31. The zero-order valence-corrected chi connectivity index (χ0v) is 10.6. The number of fused-ring (bicyclic) bond motifs is 1. The average Bonchev–Trinajstić information content (AvgIpc) is 2.97. The summed E-state index contributed by atoms with van der Waals surface area (Å²) in [5.41, 5.74) is 7.13. The first-order chi connectivity index (χ1) is 8.57. The number of hydrogen-bond acceptors (Lipinski definition) is 5. The lowest BCUT2D eigenvalue weighted by molar-refractivity contribution is 0.453. The van der Waals surface area contributed by atoms with Crippen molar-refractivity contribution in [2.45, 2.75) is 36.2 Å². The average molecular weight is 266 g/mol. The second kappa shape index (κ2) is 3.98. The van der Waals surface area contributed by atoms with Gasteiger partial charge in [-0.25, -0.2) is 8.42 Å². The summed E-state index contributed by atoms with van der Waals surface area (Å²) in [5, 5.41) is -0.516. The van der Waals surface area contributed by atoms with Gasteiger partial charge >= 0.3 is 5.22 Å². The standard InChI is InChI=1S/C12H14N2O3S/c13-8-5-6-11-10(7-8)14-12(17-11)18(15,16)9-3-1-2-4-9/h5-7,9H,1-4,13H2. The third kappa shape index (κ3) is 1.77. The second-order valence-electron chi connectivity index (χ2n) is 4.66. The van der Waals surface area contributed by atoms with Crippen LogP contribution in [0.2, 0.25) is 0 Å². The van der Waals surface area contributed by atoms with Crippen LogP contribution >= 0.6 is 0 Å². The summed E-state index contributed by atoms with van der Waals surface area (Å²) in [5.74, 6) is 0. The molecule has 1 aliphatic rings. The van der Waals surface area contributed by atoms with Gasteiger partial charge in [0, 0.05) is 5.69 Å². The van der Waals surface area contributed by atoms with E-state index in [1.165, 1.54) is 0 Å². The molecule has 0 atom stereocenters. The van der Waals surface area contributed by atoms with Gasteiger partial charge in [0.2, 0.25) is 9.84 Å².